The number of carboxylic acids is 1. The summed E-state index contributed by atoms with van der Waals surface area (Å²) >= 11 is 0. The van der Waals surface area contributed by atoms with Crippen LogP contribution in [0.25, 0.3) is 0 Å². The van der Waals surface area contributed by atoms with E-state index in [1.165, 1.54) is 0 Å². The summed E-state index contributed by atoms with van der Waals surface area (Å²) in [5, 5.41) is 11.0. The Balaban J connectivity index is 0.000000276. The van der Waals surface area contributed by atoms with Crippen LogP contribution in [0.15, 0.2) is 55.1 Å². The number of aromatic nitrogens is 2. The summed E-state index contributed by atoms with van der Waals surface area (Å²) in [5.41, 5.74) is 0.884. The van der Waals surface area contributed by atoms with Crippen LogP contribution in [0.3, 0.4) is 0 Å². The number of carbonyl (C=O) groups excluding carboxylic acids is 1. The van der Waals surface area contributed by atoms with E-state index < -0.39 is 12.0 Å². The van der Waals surface area contributed by atoms with Crippen LogP contribution >= 0.6 is 0 Å². The zero-order chi connectivity index (χ0) is 14.6. The van der Waals surface area contributed by atoms with Gasteiger partial charge < -0.3 is 10.4 Å². The fourth-order valence-electron chi connectivity index (χ4n) is 1.40. The van der Waals surface area contributed by atoms with Crippen molar-refractivity contribution in [2.75, 3.05) is 0 Å². The molecule has 0 aliphatic carbocycles. The largest absolute Gasteiger partial charge is 0.480 e. The van der Waals surface area contributed by atoms with Gasteiger partial charge in [0.05, 0.1) is 0 Å². The van der Waals surface area contributed by atoms with Crippen molar-refractivity contribution < 1.29 is 14.7 Å². The molecule has 2 rings (SSSR count). The van der Waals surface area contributed by atoms with Crippen molar-refractivity contribution in [2.24, 2.45) is 0 Å². The quantitative estimate of drug-likeness (QED) is 0.790. The van der Waals surface area contributed by atoms with Gasteiger partial charge in [0.2, 0.25) is 6.41 Å². The average molecular weight is 273 g/mol. The fourth-order valence-corrected chi connectivity index (χ4v) is 1.40. The molecule has 20 heavy (non-hydrogen) atoms. The third-order valence-electron chi connectivity index (χ3n) is 2.33. The Morgan fingerprint density at radius 1 is 1.15 bits per heavy atom. The molecule has 104 valence electrons. The molecule has 1 atom stereocenters. The first-order valence-electron chi connectivity index (χ1n) is 5.90. The number of amides is 1. The highest BCUT2D eigenvalue weighted by Gasteiger charge is 2.15. The number of nitrogens with zero attached hydrogens (tertiary/aromatic N) is 2. The molecule has 0 unspecified atom stereocenters. The van der Waals surface area contributed by atoms with Crippen LogP contribution in [0.2, 0.25) is 0 Å². The lowest BCUT2D eigenvalue weighted by molar-refractivity contribution is -0.140. The summed E-state index contributed by atoms with van der Waals surface area (Å²) in [6, 6.07) is 8.30. The molecule has 2 N–H and O–H groups in total. The highest BCUT2D eigenvalue weighted by atomic mass is 16.4. The van der Waals surface area contributed by atoms with Crippen LogP contribution < -0.4 is 5.32 Å². The van der Waals surface area contributed by atoms with Crippen molar-refractivity contribution in [3.63, 3.8) is 0 Å². The van der Waals surface area contributed by atoms with Crippen molar-refractivity contribution in [3.05, 3.63) is 60.7 Å². The Labute approximate surface area is 116 Å². The third kappa shape index (κ3) is 6.25. The molecule has 0 radical (unpaired) electrons. The van der Waals surface area contributed by atoms with E-state index >= 15 is 0 Å². The fraction of sp³-hybridized carbons (Fsp3) is 0.143. The number of carbonyl (C=O) groups is 2. The number of aliphatic carboxylic acids is 1. The lowest BCUT2D eigenvalue weighted by Crippen LogP contribution is -2.37. The predicted octanol–water partition coefficient (Wildman–Crippen LogP) is 0.905. The SMILES string of the molecule is O=CN[C@@H](Cc1ccccc1)C(=O)O.c1cnccn1. The Morgan fingerprint density at radius 3 is 2.10 bits per heavy atom. The number of benzene rings is 1. The van der Waals surface area contributed by atoms with Crippen LogP contribution in [0, 0.1) is 0 Å². The van der Waals surface area contributed by atoms with Crippen molar-refractivity contribution >= 4 is 12.4 Å². The maximum absolute atomic E-state index is 10.7. The van der Waals surface area contributed by atoms with Gasteiger partial charge in [0.25, 0.3) is 0 Å². The van der Waals surface area contributed by atoms with Gasteiger partial charge in [-0.1, -0.05) is 30.3 Å². The first-order valence-corrected chi connectivity index (χ1v) is 5.90. The minimum Gasteiger partial charge on any atom is -0.480 e. The maximum atomic E-state index is 10.7. The van der Waals surface area contributed by atoms with Crippen LogP contribution in [0.4, 0.5) is 0 Å². The Hall–Kier alpha value is -2.76. The smallest absolute Gasteiger partial charge is 0.326 e. The van der Waals surface area contributed by atoms with Crippen molar-refractivity contribution in [2.45, 2.75) is 12.5 Å². The molecule has 6 nitrogen and oxygen atoms in total. The monoisotopic (exact) mass is 273 g/mol. The van der Waals surface area contributed by atoms with Gasteiger partial charge >= 0.3 is 5.97 Å². The molecule has 0 aliphatic heterocycles. The van der Waals surface area contributed by atoms with Crippen LogP contribution in [-0.4, -0.2) is 33.5 Å². The second kappa shape index (κ2) is 9.21. The molecule has 0 bridgehead atoms. The molecule has 1 aromatic carbocycles. The second-order valence-corrected chi connectivity index (χ2v) is 3.76. The van der Waals surface area contributed by atoms with Crippen LogP contribution in [-0.2, 0) is 16.0 Å². The minimum absolute atomic E-state index is 0.301. The molecule has 0 spiro atoms. The lowest BCUT2D eigenvalue weighted by Gasteiger charge is -2.10. The summed E-state index contributed by atoms with van der Waals surface area (Å²) in [6.45, 7) is 0. The van der Waals surface area contributed by atoms with Gasteiger partial charge in [-0.15, -0.1) is 0 Å². The van der Waals surface area contributed by atoms with Crippen molar-refractivity contribution in [3.8, 4) is 0 Å². The van der Waals surface area contributed by atoms with E-state index in [4.69, 9.17) is 5.11 Å². The lowest BCUT2D eigenvalue weighted by atomic mass is 10.1. The van der Waals surface area contributed by atoms with Gasteiger partial charge in [-0.3, -0.25) is 14.8 Å². The van der Waals surface area contributed by atoms with E-state index in [-0.39, 0.29) is 0 Å². The molecule has 6 heteroatoms. The van der Waals surface area contributed by atoms with Crippen LogP contribution in [0.1, 0.15) is 5.56 Å². The Kier molecular flexibility index (Phi) is 7.04. The predicted molar refractivity (Wildman–Crippen MR) is 72.8 cm³/mol. The number of hydrogen-bond donors (Lipinski definition) is 2. The van der Waals surface area contributed by atoms with E-state index in [2.05, 4.69) is 15.3 Å². The summed E-state index contributed by atoms with van der Waals surface area (Å²) in [6.07, 6.45) is 7.26. The number of carboxylic acid groups (broad SMARTS) is 1. The zero-order valence-electron chi connectivity index (χ0n) is 10.7. The second-order valence-electron chi connectivity index (χ2n) is 3.76. The van der Waals surface area contributed by atoms with Gasteiger partial charge in [-0.05, 0) is 5.56 Å². The molecule has 1 amide bonds. The molecule has 0 saturated heterocycles. The Bertz CT molecular complexity index is 479. The van der Waals surface area contributed by atoms with Gasteiger partial charge in [0.15, 0.2) is 0 Å². The molecule has 1 heterocycles. The highest BCUT2D eigenvalue weighted by molar-refractivity contribution is 5.76. The summed E-state index contributed by atoms with van der Waals surface area (Å²) in [4.78, 5) is 28.3. The molecular weight excluding hydrogens is 258 g/mol. The highest BCUT2D eigenvalue weighted by Crippen LogP contribution is 2.02. The van der Waals surface area contributed by atoms with E-state index in [9.17, 15) is 9.59 Å². The molecular formula is C14H15N3O3. The Morgan fingerprint density at radius 2 is 1.70 bits per heavy atom. The van der Waals surface area contributed by atoms with Gasteiger partial charge in [0.1, 0.15) is 6.04 Å². The van der Waals surface area contributed by atoms with Crippen molar-refractivity contribution in [1.82, 2.24) is 15.3 Å². The first-order chi connectivity index (χ1) is 9.74. The van der Waals surface area contributed by atoms with Gasteiger partial charge in [-0.25, -0.2) is 4.79 Å². The van der Waals surface area contributed by atoms with E-state index in [0.717, 1.165) is 5.56 Å². The van der Waals surface area contributed by atoms with E-state index in [1.54, 1.807) is 24.8 Å². The molecule has 2 aromatic rings. The standard InChI is InChI=1S/C10H11NO3.C4H4N2/c12-7-11-9(10(13)14)6-8-4-2-1-3-5-8;1-2-6-4-3-5-1/h1-5,7,9H,6H2,(H,11,12)(H,13,14);1-4H/t9-;/m0./s1. The average Bonchev–Trinajstić information content (AvgIpc) is 2.50. The number of nitrogens with one attached hydrogen (secondary N) is 1. The summed E-state index contributed by atoms with van der Waals surface area (Å²) < 4.78 is 0. The maximum Gasteiger partial charge on any atom is 0.326 e. The summed E-state index contributed by atoms with van der Waals surface area (Å²) in [5.74, 6) is -1.03. The molecule has 0 saturated carbocycles. The number of rotatable bonds is 5. The van der Waals surface area contributed by atoms with E-state index in [1.807, 2.05) is 30.3 Å². The van der Waals surface area contributed by atoms with E-state index in [0.29, 0.717) is 12.8 Å². The third-order valence-corrected chi connectivity index (χ3v) is 2.33. The van der Waals surface area contributed by atoms with Crippen LogP contribution in [0.5, 0.6) is 0 Å². The van der Waals surface area contributed by atoms with Gasteiger partial charge in [-0.2, -0.15) is 0 Å². The van der Waals surface area contributed by atoms with Gasteiger partial charge in [0, 0.05) is 31.2 Å². The normalized spacial score (nSPS) is 10.6. The molecule has 1 aromatic heterocycles. The van der Waals surface area contributed by atoms with Crippen molar-refractivity contribution in [1.29, 1.82) is 0 Å². The molecule has 0 fully saturated rings. The zero-order valence-corrected chi connectivity index (χ0v) is 10.7. The summed E-state index contributed by atoms with van der Waals surface area (Å²) in [7, 11) is 0. The first kappa shape index (κ1) is 15.3. The number of hydrogen-bond acceptors (Lipinski definition) is 4. The minimum atomic E-state index is -1.03. The topological polar surface area (TPSA) is 92.2 Å². The molecule has 0 aliphatic rings.